The van der Waals surface area contributed by atoms with Crippen molar-refractivity contribution < 1.29 is 4.74 Å². The van der Waals surface area contributed by atoms with Gasteiger partial charge in [0.15, 0.2) is 0 Å². The van der Waals surface area contributed by atoms with Gasteiger partial charge in [0.1, 0.15) is 5.75 Å². The van der Waals surface area contributed by atoms with Crippen LogP contribution in [-0.2, 0) is 0 Å². The number of nitrogens with zero attached hydrogens (tertiary/aromatic N) is 1. The van der Waals surface area contributed by atoms with Crippen LogP contribution in [0.2, 0.25) is 0 Å². The molecule has 1 aliphatic heterocycles. The molecular weight excluding hydrogens is 248 g/mol. The van der Waals surface area contributed by atoms with E-state index in [0.717, 1.165) is 25.3 Å². The van der Waals surface area contributed by atoms with Crippen molar-refractivity contribution in [1.82, 2.24) is 10.2 Å². The van der Waals surface area contributed by atoms with Crippen molar-refractivity contribution in [3.63, 3.8) is 0 Å². The molecule has 0 aromatic heterocycles. The smallest absolute Gasteiger partial charge is 0.119 e. The highest BCUT2D eigenvalue weighted by Gasteiger charge is 2.19. The van der Waals surface area contributed by atoms with Crippen molar-refractivity contribution in [2.24, 2.45) is 0 Å². The van der Waals surface area contributed by atoms with Crippen LogP contribution in [-0.4, -0.2) is 43.2 Å². The molecule has 1 aliphatic rings. The highest BCUT2D eigenvalue weighted by molar-refractivity contribution is 5.20. The van der Waals surface area contributed by atoms with E-state index >= 15 is 0 Å². The van der Waals surface area contributed by atoms with Gasteiger partial charge in [0.05, 0.1) is 6.61 Å². The van der Waals surface area contributed by atoms with E-state index in [1.54, 1.807) is 0 Å². The van der Waals surface area contributed by atoms with E-state index in [9.17, 15) is 0 Å². The summed E-state index contributed by atoms with van der Waals surface area (Å²) in [6.07, 6.45) is 3.73. The lowest BCUT2D eigenvalue weighted by Gasteiger charge is -2.29. The fourth-order valence-electron chi connectivity index (χ4n) is 2.73. The molecule has 1 atom stereocenters. The SMILES string of the molecule is CC(C)N(CCCOc1ccccc1)CC1CCCN1. The van der Waals surface area contributed by atoms with E-state index in [2.05, 4.69) is 24.1 Å². The lowest BCUT2D eigenvalue weighted by atomic mass is 10.2. The number of nitrogens with one attached hydrogen (secondary N) is 1. The average Bonchev–Trinajstić information content (AvgIpc) is 2.96. The van der Waals surface area contributed by atoms with Crippen LogP contribution < -0.4 is 10.1 Å². The molecule has 0 spiro atoms. The quantitative estimate of drug-likeness (QED) is 0.739. The van der Waals surface area contributed by atoms with Crippen LogP contribution in [0.3, 0.4) is 0 Å². The normalized spacial score (nSPS) is 18.9. The van der Waals surface area contributed by atoms with Crippen LogP contribution in [0, 0.1) is 0 Å². The molecule has 1 unspecified atom stereocenters. The topological polar surface area (TPSA) is 24.5 Å². The molecule has 0 radical (unpaired) electrons. The lowest BCUT2D eigenvalue weighted by molar-refractivity contribution is 0.183. The number of benzene rings is 1. The Morgan fingerprint density at radius 1 is 1.30 bits per heavy atom. The standard InChI is InChI=1S/C17H28N2O/c1-15(2)19(14-16-8-6-11-18-16)12-7-13-20-17-9-4-3-5-10-17/h3-5,9-10,15-16,18H,6-8,11-14H2,1-2H3. The maximum Gasteiger partial charge on any atom is 0.119 e. The highest BCUT2D eigenvalue weighted by Crippen LogP contribution is 2.11. The molecule has 3 nitrogen and oxygen atoms in total. The van der Waals surface area contributed by atoms with Gasteiger partial charge in [-0.2, -0.15) is 0 Å². The van der Waals surface area contributed by atoms with E-state index < -0.39 is 0 Å². The van der Waals surface area contributed by atoms with Gasteiger partial charge in [0.25, 0.3) is 0 Å². The molecule has 1 heterocycles. The summed E-state index contributed by atoms with van der Waals surface area (Å²) in [5.41, 5.74) is 0. The van der Waals surface area contributed by atoms with Crippen molar-refractivity contribution in [2.45, 2.75) is 45.2 Å². The van der Waals surface area contributed by atoms with E-state index in [1.165, 1.54) is 25.9 Å². The van der Waals surface area contributed by atoms with Crippen molar-refractivity contribution in [3.05, 3.63) is 30.3 Å². The summed E-state index contributed by atoms with van der Waals surface area (Å²) in [5, 5.41) is 3.59. The van der Waals surface area contributed by atoms with Gasteiger partial charge < -0.3 is 10.1 Å². The molecule has 112 valence electrons. The molecule has 3 heteroatoms. The molecule has 1 saturated heterocycles. The molecule has 1 N–H and O–H groups in total. The average molecular weight is 276 g/mol. The predicted molar refractivity (Wildman–Crippen MR) is 84.3 cm³/mol. The molecule has 0 saturated carbocycles. The first-order valence-corrected chi connectivity index (χ1v) is 7.91. The summed E-state index contributed by atoms with van der Waals surface area (Å²) in [4.78, 5) is 2.57. The monoisotopic (exact) mass is 276 g/mol. The van der Waals surface area contributed by atoms with Crippen LogP contribution in [0.15, 0.2) is 30.3 Å². The highest BCUT2D eigenvalue weighted by atomic mass is 16.5. The van der Waals surface area contributed by atoms with E-state index in [-0.39, 0.29) is 0 Å². The third-order valence-corrected chi connectivity index (χ3v) is 3.95. The number of para-hydroxylation sites is 1. The van der Waals surface area contributed by atoms with Crippen LogP contribution in [0.4, 0.5) is 0 Å². The summed E-state index contributed by atoms with van der Waals surface area (Å²) in [7, 11) is 0. The predicted octanol–water partition coefficient (Wildman–Crippen LogP) is 2.92. The van der Waals surface area contributed by atoms with Gasteiger partial charge in [-0.25, -0.2) is 0 Å². The molecule has 0 aliphatic carbocycles. The Balaban J connectivity index is 1.66. The van der Waals surface area contributed by atoms with Crippen LogP contribution in [0.25, 0.3) is 0 Å². The zero-order valence-electron chi connectivity index (χ0n) is 12.8. The van der Waals surface area contributed by atoms with Gasteiger partial charge in [-0.05, 0) is 51.8 Å². The molecular formula is C17H28N2O. The lowest BCUT2D eigenvalue weighted by Crippen LogP contribution is -2.42. The molecule has 0 amide bonds. The van der Waals surface area contributed by atoms with Crippen molar-refractivity contribution >= 4 is 0 Å². The van der Waals surface area contributed by atoms with Crippen molar-refractivity contribution in [2.75, 3.05) is 26.2 Å². The molecule has 0 bridgehead atoms. The molecule has 2 rings (SSSR count). The van der Waals surface area contributed by atoms with Crippen molar-refractivity contribution in [3.8, 4) is 5.75 Å². The Morgan fingerprint density at radius 3 is 2.75 bits per heavy atom. The van der Waals surface area contributed by atoms with Gasteiger partial charge in [-0.3, -0.25) is 4.90 Å². The third kappa shape index (κ3) is 5.14. The number of hydrogen-bond acceptors (Lipinski definition) is 3. The minimum atomic E-state index is 0.606. The minimum Gasteiger partial charge on any atom is -0.494 e. The maximum atomic E-state index is 5.76. The molecule has 1 aromatic carbocycles. The summed E-state index contributed by atoms with van der Waals surface area (Å²) < 4.78 is 5.76. The van der Waals surface area contributed by atoms with E-state index in [0.29, 0.717) is 12.1 Å². The Morgan fingerprint density at radius 2 is 2.10 bits per heavy atom. The van der Waals surface area contributed by atoms with Crippen LogP contribution >= 0.6 is 0 Å². The minimum absolute atomic E-state index is 0.606. The van der Waals surface area contributed by atoms with Gasteiger partial charge in [0, 0.05) is 25.2 Å². The summed E-state index contributed by atoms with van der Waals surface area (Å²) in [5.74, 6) is 0.973. The Hall–Kier alpha value is -1.06. The number of hydrogen-bond donors (Lipinski definition) is 1. The summed E-state index contributed by atoms with van der Waals surface area (Å²) in [6, 6.07) is 11.4. The summed E-state index contributed by atoms with van der Waals surface area (Å²) >= 11 is 0. The Labute approximate surface area is 123 Å². The van der Waals surface area contributed by atoms with Crippen LogP contribution in [0.1, 0.15) is 33.1 Å². The Bertz CT molecular complexity index is 361. The first-order valence-electron chi connectivity index (χ1n) is 7.91. The zero-order valence-corrected chi connectivity index (χ0v) is 12.8. The third-order valence-electron chi connectivity index (χ3n) is 3.95. The first-order chi connectivity index (χ1) is 9.75. The molecule has 1 aromatic rings. The van der Waals surface area contributed by atoms with Gasteiger partial charge in [-0.15, -0.1) is 0 Å². The second-order valence-electron chi connectivity index (χ2n) is 5.90. The first kappa shape index (κ1) is 15.3. The summed E-state index contributed by atoms with van der Waals surface area (Å²) in [6.45, 7) is 8.84. The molecule has 1 fully saturated rings. The Kier molecular flexibility index (Phi) is 6.34. The van der Waals surface area contributed by atoms with E-state index in [1.807, 2.05) is 30.3 Å². The van der Waals surface area contributed by atoms with Gasteiger partial charge in [-0.1, -0.05) is 18.2 Å². The van der Waals surface area contributed by atoms with Gasteiger partial charge in [0.2, 0.25) is 0 Å². The second-order valence-corrected chi connectivity index (χ2v) is 5.90. The maximum absolute atomic E-state index is 5.76. The van der Waals surface area contributed by atoms with Gasteiger partial charge >= 0.3 is 0 Å². The number of ether oxygens (including phenoxy) is 1. The van der Waals surface area contributed by atoms with Crippen LogP contribution in [0.5, 0.6) is 5.75 Å². The number of rotatable bonds is 8. The molecule has 20 heavy (non-hydrogen) atoms. The zero-order chi connectivity index (χ0) is 14.2. The van der Waals surface area contributed by atoms with Crippen molar-refractivity contribution in [1.29, 1.82) is 0 Å². The fourth-order valence-corrected chi connectivity index (χ4v) is 2.73. The fraction of sp³-hybridized carbons (Fsp3) is 0.647. The second kappa shape index (κ2) is 8.28. The van der Waals surface area contributed by atoms with E-state index in [4.69, 9.17) is 4.74 Å². The largest absolute Gasteiger partial charge is 0.494 e.